The molecule has 0 unspecified atom stereocenters. The van der Waals surface area contributed by atoms with Gasteiger partial charge >= 0.3 is 5.97 Å². The molecule has 0 spiro atoms. The van der Waals surface area contributed by atoms with E-state index in [0.717, 1.165) is 5.75 Å². The van der Waals surface area contributed by atoms with Crippen LogP contribution in [0, 0.1) is 5.92 Å². The summed E-state index contributed by atoms with van der Waals surface area (Å²) < 4.78 is 4.97. The molecular weight excluding hydrogens is 264 g/mol. The Balaban J connectivity index is 4.45. The van der Waals surface area contributed by atoms with E-state index in [1.165, 1.54) is 0 Å². The number of hydrogen-bond acceptors (Lipinski definition) is 5. The maximum absolute atomic E-state index is 11.9. The van der Waals surface area contributed by atoms with Gasteiger partial charge in [-0.1, -0.05) is 13.8 Å². The van der Waals surface area contributed by atoms with Gasteiger partial charge in [-0.25, -0.2) is 4.79 Å². The summed E-state index contributed by atoms with van der Waals surface area (Å²) in [5.74, 6) is 0.439. The summed E-state index contributed by atoms with van der Waals surface area (Å²) in [6, 6.07) is -1.18. The molecule has 0 radical (unpaired) electrons. The van der Waals surface area contributed by atoms with E-state index >= 15 is 0 Å². The number of rotatable bonds is 9. The fourth-order valence-corrected chi connectivity index (χ4v) is 2.07. The maximum atomic E-state index is 11.9. The third kappa shape index (κ3) is 8.10. The smallest absolute Gasteiger partial charge is 0.328 e. The van der Waals surface area contributed by atoms with Crippen molar-refractivity contribution in [3.8, 4) is 0 Å². The van der Waals surface area contributed by atoms with Crippen molar-refractivity contribution in [2.24, 2.45) is 11.7 Å². The number of ether oxygens (including phenoxy) is 1. The Morgan fingerprint density at radius 2 is 2.00 bits per heavy atom. The van der Waals surface area contributed by atoms with E-state index in [4.69, 9.17) is 10.5 Å². The highest BCUT2D eigenvalue weighted by Gasteiger charge is 2.25. The van der Waals surface area contributed by atoms with E-state index < -0.39 is 12.1 Å². The summed E-state index contributed by atoms with van der Waals surface area (Å²) in [4.78, 5) is 23.7. The number of carbonyl (C=O) groups excluding carboxylic acids is 2. The normalized spacial score (nSPS) is 14.0. The predicted molar refractivity (Wildman–Crippen MR) is 79.0 cm³/mol. The Bertz CT molecular complexity index is 285. The van der Waals surface area contributed by atoms with E-state index in [2.05, 4.69) is 5.32 Å². The Morgan fingerprint density at radius 3 is 2.47 bits per heavy atom. The predicted octanol–water partition coefficient (Wildman–Crippen LogP) is 1.16. The quantitative estimate of drug-likeness (QED) is 0.623. The van der Waals surface area contributed by atoms with E-state index in [1.54, 1.807) is 18.7 Å². The van der Waals surface area contributed by atoms with Crippen LogP contribution < -0.4 is 11.1 Å². The number of hydrogen-bond donors (Lipinski definition) is 2. The minimum absolute atomic E-state index is 0.284. The lowest BCUT2D eigenvalue weighted by atomic mass is 10.0. The van der Waals surface area contributed by atoms with Crippen molar-refractivity contribution in [1.29, 1.82) is 0 Å². The topological polar surface area (TPSA) is 81.4 Å². The van der Waals surface area contributed by atoms with Crippen LogP contribution in [-0.2, 0) is 14.3 Å². The SMILES string of the molecule is CCOC(=O)[C@H](CC(C)C)NC(=O)[C@@H](N)CCSC. The van der Waals surface area contributed by atoms with Crippen LogP contribution in [0.15, 0.2) is 0 Å². The molecule has 5 nitrogen and oxygen atoms in total. The molecule has 0 aliphatic heterocycles. The fraction of sp³-hybridized carbons (Fsp3) is 0.846. The summed E-state index contributed by atoms with van der Waals surface area (Å²) in [6.45, 7) is 6.04. The Kier molecular flexibility index (Phi) is 9.69. The highest BCUT2D eigenvalue weighted by molar-refractivity contribution is 7.98. The zero-order valence-electron chi connectivity index (χ0n) is 12.3. The largest absolute Gasteiger partial charge is 0.464 e. The highest BCUT2D eigenvalue weighted by Crippen LogP contribution is 2.07. The molecule has 0 saturated carbocycles. The van der Waals surface area contributed by atoms with Gasteiger partial charge in [0.1, 0.15) is 6.04 Å². The van der Waals surface area contributed by atoms with Crippen LogP contribution in [0.5, 0.6) is 0 Å². The van der Waals surface area contributed by atoms with Gasteiger partial charge in [-0.15, -0.1) is 0 Å². The summed E-state index contributed by atoms with van der Waals surface area (Å²) in [6.07, 6.45) is 3.12. The average molecular weight is 290 g/mol. The van der Waals surface area contributed by atoms with Gasteiger partial charge in [0, 0.05) is 0 Å². The van der Waals surface area contributed by atoms with Crippen LogP contribution >= 0.6 is 11.8 Å². The van der Waals surface area contributed by atoms with Crippen molar-refractivity contribution in [3.05, 3.63) is 0 Å². The summed E-state index contributed by atoms with van der Waals surface area (Å²) in [7, 11) is 0. The van der Waals surface area contributed by atoms with Gasteiger partial charge < -0.3 is 15.8 Å². The Labute approximate surface area is 120 Å². The van der Waals surface area contributed by atoms with Crippen molar-refractivity contribution >= 4 is 23.6 Å². The molecule has 0 saturated heterocycles. The van der Waals surface area contributed by atoms with Crippen LogP contribution in [-0.4, -0.2) is 42.6 Å². The molecule has 2 atom stereocenters. The molecule has 19 heavy (non-hydrogen) atoms. The first-order chi connectivity index (χ1) is 8.92. The van der Waals surface area contributed by atoms with E-state index in [-0.39, 0.29) is 17.8 Å². The third-order valence-electron chi connectivity index (χ3n) is 2.56. The van der Waals surface area contributed by atoms with Crippen molar-refractivity contribution in [3.63, 3.8) is 0 Å². The zero-order valence-corrected chi connectivity index (χ0v) is 13.1. The summed E-state index contributed by atoms with van der Waals surface area (Å²) in [5.41, 5.74) is 5.78. The summed E-state index contributed by atoms with van der Waals surface area (Å²) in [5, 5.41) is 2.69. The van der Waals surface area contributed by atoms with Crippen molar-refractivity contribution in [2.75, 3.05) is 18.6 Å². The monoisotopic (exact) mass is 290 g/mol. The lowest BCUT2D eigenvalue weighted by molar-refractivity contribution is -0.148. The molecule has 112 valence electrons. The summed E-state index contributed by atoms with van der Waals surface area (Å²) >= 11 is 1.64. The average Bonchev–Trinajstić information content (AvgIpc) is 2.34. The standard InChI is InChI=1S/C13H26N2O3S/c1-5-18-13(17)11(8-9(2)3)15-12(16)10(14)6-7-19-4/h9-11H,5-8,14H2,1-4H3,(H,15,16)/t10-,11-/m0/s1. The third-order valence-corrected chi connectivity index (χ3v) is 3.21. The van der Waals surface area contributed by atoms with Gasteiger partial charge in [0.25, 0.3) is 0 Å². The van der Waals surface area contributed by atoms with Crippen molar-refractivity contribution < 1.29 is 14.3 Å². The zero-order chi connectivity index (χ0) is 14.8. The molecular formula is C13H26N2O3S. The van der Waals surface area contributed by atoms with Gasteiger partial charge in [-0.2, -0.15) is 11.8 Å². The minimum Gasteiger partial charge on any atom is -0.464 e. The second-order valence-corrected chi connectivity index (χ2v) is 5.82. The second kappa shape index (κ2) is 10.1. The van der Waals surface area contributed by atoms with Gasteiger partial charge in [0.05, 0.1) is 12.6 Å². The van der Waals surface area contributed by atoms with E-state index in [9.17, 15) is 9.59 Å². The number of nitrogens with one attached hydrogen (secondary N) is 1. The van der Waals surface area contributed by atoms with Crippen molar-refractivity contribution in [2.45, 2.75) is 45.7 Å². The van der Waals surface area contributed by atoms with Crippen LogP contribution in [0.4, 0.5) is 0 Å². The Morgan fingerprint density at radius 1 is 1.37 bits per heavy atom. The first-order valence-electron chi connectivity index (χ1n) is 6.63. The number of nitrogens with two attached hydrogens (primary N) is 1. The van der Waals surface area contributed by atoms with Gasteiger partial charge in [-0.05, 0) is 37.7 Å². The van der Waals surface area contributed by atoms with Crippen molar-refractivity contribution in [1.82, 2.24) is 5.32 Å². The molecule has 0 aliphatic rings. The number of amides is 1. The molecule has 6 heteroatoms. The number of carbonyl (C=O) groups is 2. The molecule has 0 aromatic carbocycles. The highest BCUT2D eigenvalue weighted by atomic mass is 32.2. The van der Waals surface area contributed by atoms with E-state index in [1.807, 2.05) is 20.1 Å². The van der Waals surface area contributed by atoms with Gasteiger partial charge in [0.15, 0.2) is 0 Å². The number of thioether (sulfide) groups is 1. The van der Waals surface area contributed by atoms with Crippen LogP contribution in [0.2, 0.25) is 0 Å². The molecule has 0 bridgehead atoms. The lowest BCUT2D eigenvalue weighted by Gasteiger charge is -2.21. The lowest BCUT2D eigenvalue weighted by Crippen LogP contribution is -2.49. The van der Waals surface area contributed by atoms with Gasteiger partial charge in [0.2, 0.25) is 5.91 Å². The molecule has 0 fully saturated rings. The molecule has 1 amide bonds. The maximum Gasteiger partial charge on any atom is 0.328 e. The van der Waals surface area contributed by atoms with Crippen LogP contribution in [0.1, 0.15) is 33.6 Å². The van der Waals surface area contributed by atoms with Crippen LogP contribution in [0.25, 0.3) is 0 Å². The molecule has 0 aromatic heterocycles. The number of esters is 1. The molecule has 0 aliphatic carbocycles. The molecule has 0 rings (SSSR count). The fourth-order valence-electron chi connectivity index (χ4n) is 1.58. The van der Waals surface area contributed by atoms with E-state index in [0.29, 0.717) is 19.4 Å². The minimum atomic E-state index is -0.604. The second-order valence-electron chi connectivity index (χ2n) is 4.83. The van der Waals surface area contributed by atoms with Gasteiger partial charge in [-0.3, -0.25) is 4.79 Å². The molecule has 0 aromatic rings. The Hall–Kier alpha value is -0.750. The first kappa shape index (κ1) is 18.2. The first-order valence-corrected chi connectivity index (χ1v) is 8.03. The molecule has 0 heterocycles. The molecule has 3 N–H and O–H groups in total. The van der Waals surface area contributed by atoms with Crippen LogP contribution in [0.3, 0.4) is 0 Å².